The molecule has 2 aliphatic heterocycles. The largest absolute Gasteiger partial charge is 0.361 e. The number of hydrogen-bond donors (Lipinski definition) is 1. The predicted octanol–water partition coefficient (Wildman–Crippen LogP) is 1.43. The Morgan fingerprint density at radius 1 is 1.14 bits per heavy atom. The molecule has 2 aliphatic rings. The maximum atomic E-state index is 12.7. The van der Waals surface area contributed by atoms with Crippen molar-refractivity contribution in [3.05, 3.63) is 17.0 Å². The molecular formula is C21H36N6O2. The van der Waals surface area contributed by atoms with Gasteiger partial charge in [0, 0.05) is 57.9 Å². The molecule has 0 saturated carbocycles. The van der Waals surface area contributed by atoms with Crippen molar-refractivity contribution in [3.8, 4) is 0 Å². The molecule has 2 saturated heterocycles. The highest BCUT2D eigenvalue weighted by Crippen LogP contribution is 2.15. The number of aliphatic imine (C=N–C) groups is 1. The molecule has 3 rings (SSSR count). The van der Waals surface area contributed by atoms with Crippen molar-refractivity contribution in [2.75, 3.05) is 52.4 Å². The number of aromatic nitrogens is 1. The van der Waals surface area contributed by atoms with Crippen LogP contribution in [0.5, 0.6) is 0 Å². The molecule has 0 bridgehead atoms. The number of amides is 1. The van der Waals surface area contributed by atoms with E-state index in [4.69, 9.17) is 9.52 Å². The summed E-state index contributed by atoms with van der Waals surface area (Å²) in [6.45, 7) is 15.0. The summed E-state index contributed by atoms with van der Waals surface area (Å²) in [5.41, 5.74) is 2.11. The first-order valence-corrected chi connectivity index (χ1v) is 11.0. The third kappa shape index (κ3) is 5.29. The van der Waals surface area contributed by atoms with Crippen LogP contribution in [0, 0.1) is 13.8 Å². The van der Waals surface area contributed by atoms with Gasteiger partial charge in [-0.15, -0.1) is 0 Å². The minimum absolute atomic E-state index is 0.0330. The van der Waals surface area contributed by atoms with Gasteiger partial charge in [0.2, 0.25) is 5.91 Å². The van der Waals surface area contributed by atoms with Crippen LogP contribution in [0.1, 0.15) is 43.7 Å². The normalized spacial score (nSPS) is 19.7. The number of likely N-dealkylation sites (tertiary alicyclic amines) is 1. The van der Waals surface area contributed by atoms with Crippen LogP contribution >= 0.6 is 0 Å². The van der Waals surface area contributed by atoms with Gasteiger partial charge in [0.1, 0.15) is 5.76 Å². The molecule has 1 unspecified atom stereocenters. The molecule has 1 amide bonds. The Balaban J connectivity index is 1.52. The summed E-state index contributed by atoms with van der Waals surface area (Å²) in [5.74, 6) is 2.13. The van der Waals surface area contributed by atoms with Crippen LogP contribution in [0.2, 0.25) is 0 Å². The molecule has 29 heavy (non-hydrogen) atoms. The Labute approximate surface area is 174 Å². The topological polar surface area (TPSA) is 77.2 Å². The number of piperazine rings is 1. The number of nitrogens with zero attached hydrogens (tertiary/aromatic N) is 5. The van der Waals surface area contributed by atoms with Crippen molar-refractivity contribution >= 4 is 11.9 Å². The lowest BCUT2D eigenvalue weighted by Crippen LogP contribution is -2.57. The number of nitrogens with one attached hydrogen (secondary N) is 1. The summed E-state index contributed by atoms with van der Waals surface area (Å²) < 4.78 is 5.25. The standard InChI is InChI=1S/C21H36N6O2/c1-5-22-21(23-9-8-19-16(2)24-29-18(19)4)27-14-12-25(13-15-27)17(3)20(28)26-10-6-7-11-26/h17H,5-15H2,1-4H3,(H,22,23). The van der Waals surface area contributed by atoms with Crippen LogP contribution in [0.4, 0.5) is 0 Å². The number of hydrogen-bond acceptors (Lipinski definition) is 5. The van der Waals surface area contributed by atoms with E-state index in [2.05, 4.69) is 34.1 Å². The zero-order valence-electron chi connectivity index (χ0n) is 18.4. The monoisotopic (exact) mass is 404 g/mol. The molecule has 0 aromatic carbocycles. The summed E-state index contributed by atoms with van der Waals surface area (Å²) in [7, 11) is 0. The lowest BCUT2D eigenvalue weighted by atomic mass is 10.1. The summed E-state index contributed by atoms with van der Waals surface area (Å²) in [4.78, 5) is 24.2. The van der Waals surface area contributed by atoms with E-state index in [9.17, 15) is 4.79 Å². The van der Waals surface area contributed by atoms with Gasteiger partial charge in [0.05, 0.1) is 11.7 Å². The quantitative estimate of drug-likeness (QED) is 0.571. The Bertz CT molecular complexity index is 683. The molecule has 2 fully saturated rings. The zero-order chi connectivity index (χ0) is 20.8. The average molecular weight is 405 g/mol. The van der Waals surface area contributed by atoms with Crippen LogP contribution in [0.3, 0.4) is 0 Å². The molecule has 0 aliphatic carbocycles. The van der Waals surface area contributed by atoms with Gasteiger partial charge < -0.3 is 19.6 Å². The maximum absolute atomic E-state index is 12.7. The Kier molecular flexibility index (Phi) is 7.52. The highest BCUT2D eigenvalue weighted by molar-refractivity contribution is 5.82. The number of guanidine groups is 1. The van der Waals surface area contributed by atoms with E-state index in [-0.39, 0.29) is 11.9 Å². The van der Waals surface area contributed by atoms with Crippen LogP contribution in [-0.2, 0) is 11.2 Å². The van der Waals surface area contributed by atoms with Crippen molar-refractivity contribution in [1.82, 2.24) is 25.2 Å². The molecule has 3 heterocycles. The summed E-state index contributed by atoms with van der Waals surface area (Å²) >= 11 is 0. The lowest BCUT2D eigenvalue weighted by molar-refractivity contribution is -0.135. The Hall–Kier alpha value is -2.09. The molecule has 0 spiro atoms. The van der Waals surface area contributed by atoms with Gasteiger partial charge in [0.25, 0.3) is 0 Å². The van der Waals surface area contributed by atoms with E-state index in [1.807, 2.05) is 18.7 Å². The van der Waals surface area contributed by atoms with Crippen molar-refractivity contribution in [2.24, 2.45) is 4.99 Å². The predicted molar refractivity (Wildman–Crippen MR) is 114 cm³/mol. The third-order valence-electron chi connectivity index (χ3n) is 6.08. The molecule has 162 valence electrons. The molecule has 0 radical (unpaired) electrons. The smallest absolute Gasteiger partial charge is 0.239 e. The van der Waals surface area contributed by atoms with Gasteiger partial charge in [0.15, 0.2) is 5.96 Å². The van der Waals surface area contributed by atoms with Gasteiger partial charge in [-0.25, -0.2) is 0 Å². The highest BCUT2D eigenvalue weighted by Gasteiger charge is 2.30. The van der Waals surface area contributed by atoms with Gasteiger partial charge in [-0.3, -0.25) is 14.7 Å². The van der Waals surface area contributed by atoms with Gasteiger partial charge in [-0.2, -0.15) is 0 Å². The van der Waals surface area contributed by atoms with E-state index in [0.717, 1.165) is 88.1 Å². The summed E-state index contributed by atoms with van der Waals surface area (Å²) in [6.07, 6.45) is 3.11. The minimum Gasteiger partial charge on any atom is -0.361 e. The van der Waals surface area contributed by atoms with Crippen LogP contribution in [-0.4, -0.2) is 90.1 Å². The second-order valence-corrected chi connectivity index (χ2v) is 8.02. The number of rotatable bonds is 6. The fourth-order valence-electron chi connectivity index (χ4n) is 4.24. The van der Waals surface area contributed by atoms with Gasteiger partial charge in [-0.1, -0.05) is 5.16 Å². The molecule has 8 heteroatoms. The van der Waals surface area contributed by atoms with Crippen molar-refractivity contribution < 1.29 is 9.32 Å². The average Bonchev–Trinajstić information content (AvgIpc) is 3.38. The highest BCUT2D eigenvalue weighted by atomic mass is 16.5. The first-order chi connectivity index (χ1) is 14.0. The number of carbonyl (C=O) groups excluding carboxylic acids is 1. The first kappa shape index (κ1) is 21.6. The van der Waals surface area contributed by atoms with Crippen molar-refractivity contribution in [1.29, 1.82) is 0 Å². The van der Waals surface area contributed by atoms with E-state index in [0.29, 0.717) is 6.54 Å². The molecule has 1 aromatic heterocycles. The SMILES string of the molecule is CCNC(=NCCc1c(C)noc1C)N1CCN(C(C)C(=O)N2CCCC2)CC1. The summed E-state index contributed by atoms with van der Waals surface area (Å²) in [5, 5.41) is 7.44. The Morgan fingerprint density at radius 3 is 2.41 bits per heavy atom. The van der Waals surface area contributed by atoms with Crippen molar-refractivity contribution in [2.45, 2.75) is 53.0 Å². The number of carbonyl (C=O) groups is 1. The number of aryl methyl sites for hydroxylation is 2. The summed E-state index contributed by atoms with van der Waals surface area (Å²) in [6, 6.07) is -0.0330. The second-order valence-electron chi connectivity index (χ2n) is 8.02. The van der Waals surface area contributed by atoms with Crippen LogP contribution < -0.4 is 5.32 Å². The van der Waals surface area contributed by atoms with Crippen LogP contribution in [0.15, 0.2) is 9.52 Å². The van der Waals surface area contributed by atoms with Gasteiger partial charge in [-0.05, 0) is 47.0 Å². The lowest BCUT2D eigenvalue weighted by Gasteiger charge is -2.39. The molecule has 8 nitrogen and oxygen atoms in total. The fraction of sp³-hybridized carbons (Fsp3) is 0.762. The van der Waals surface area contributed by atoms with E-state index >= 15 is 0 Å². The van der Waals surface area contributed by atoms with E-state index < -0.39 is 0 Å². The first-order valence-electron chi connectivity index (χ1n) is 11.0. The fourth-order valence-corrected chi connectivity index (χ4v) is 4.24. The third-order valence-corrected chi connectivity index (χ3v) is 6.08. The zero-order valence-corrected chi connectivity index (χ0v) is 18.4. The van der Waals surface area contributed by atoms with E-state index in [1.54, 1.807) is 0 Å². The van der Waals surface area contributed by atoms with Gasteiger partial charge >= 0.3 is 0 Å². The molecule has 1 N–H and O–H groups in total. The van der Waals surface area contributed by atoms with E-state index in [1.165, 1.54) is 0 Å². The molecule has 1 atom stereocenters. The Morgan fingerprint density at radius 2 is 1.83 bits per heavy atom. The van der Waals surface area contributed by atoms with Crippen LogP contribution in [0.25, 0.3) is 0 Å². The molecule has 1 aromatic rings. The maximum Gasteiger partial charge on any atom is 0.239 e. The second kappa shape index (κ2) is 10.1. The molecular weight excluding hydrogens is 368 g/mol. The van der Waals surface area contributed by atoms with Crippen molar-refractivity contribution in [3.63, 3.8) is 0 Å². The minimum atomic E-state index is -0.0330.